The predicted molar refractivity (Wildman–Crippen MR) is 123 cm³/mol. The predicted octanol–water partition coefficient (Wildman–Crippen LogP) is 5.18. The lowest BCUT2D eigenvalue weighted by atomic mass is 9.77. The van der Waals surface area contributed by atoms with Crippen molar-refractivity contribution in [2.24, 2.45) is 5.92 Å². The van der Waals surface area contributed by atoms with Gasteiger partial charge in [-0.1, -0.05) is 30.4 Å². The van der Waals surface area contributed by atoms with E-state index < -0.39 is 15.8 Å². The minimum Gasteiger partial charge on any atom is -0.454 e. The lowest BCUT2D eigenvalue weighted by Gasteiger charge is -2.37. The van der Waals surface area contributed by atoms with Gasteiger partial charge in [-0.15, -0.1) is 0 Å². The second-order valence-electron chi connectivity index (χ2n) is 8.42. The van der Waals surface area contributed by atoms with E-state index in [1.807, 2.05) is 18.2 Å². The Hall–Kier alpha value is -3.52. The van der Waals surface area contributed by atoms with Gasteiger partial charge in [-0.05, 0) is 65.9 Å². The van der Waals surface area contributed by atoms with E-state index in [4.69, 9.17) is 9.47 Å². The molecule has 0 amide bonds. The largest absolute Gasteiger partial charge is 0.454 e. The minimum absolute atomic E-state index is 0.0472. The van der Waals surface area contributed by atoms with Crippen molar-refractivity contribution >= 4 is 21.4 Å². The van der Waals surface area contributed by atoms with Gasteiger partial charge >= 0.3 is 0 Å². The van der Waals surface area contributed by atoms with Crippen molar-refractivity contribution < 1.29 is 22.3 Å². The van der Waals surface area contributed by atoms with Crippen molar-refractivity contribution in [1.29, 1.82) is 0 Å². The maximum atomic E-state index is 14.0. The summed E-state index contributed by atoms with van der Waals surface area (Å²) in [6, 6.07) is 16.8. The van der Waals surface area contributed by atoms with Crippen molar-refractivity contribution in [3.8, 4) is 11.5 Å². The molecule has 0 unspecified atom stereocenters. The number of benzene rings is 3. The number of hydrogen-bond donors (Lipinski definition) is 2. The Kier molecular flexibility index (Phi) is 4.58. The van der Waals surface area contributed by atoms with Gasteiger partial charge in [0.05, 0.1) is 16.6 Å². The van der Waals surface area contributed by atoms with Crippen LogP contribution >= 0.6 is 0 Å². The molecule has 0 spiro atoms. The molecule has 0 saturated heterocycles. The van der Waals surface area contributed by atoms with Crippen LogP contribution in [-0.4, -0.2) is 15.2 Å². The maximum absolute atomic E-state index is 14.0. The molecule has 2 heterocycles. The van der Waals surface area contributed by atoms with Crippen molar-refractivity contribution in [3.63, 3.8) is 0 Å². The molecule has 2 aliphatic heterocycles. The first-order valence-corrected chi connectivity index (χ1v) is 12.2. The molecule has 3 aromatic rings. The molecular weight excluding hydrogens is 443 g/mol. The minimum atomic E-state index is -3.94. The highest BCUT2D eigenvalue weighted by Crippen LogP contribution is 2.51. The Bertz CT molecular complexity index is 1390. The SMILES string of the molecule is O=S(=O)(Nc1ccccc1F)c1ccc2c(c1)[C@H]1C=CC[C@H]1[C@@H](c1ccc3c(c1)OCO3)N2. The second-order valence-corrected chi connectivity index (χ2v) is 10.1. The quantitative estimate of drug-likeness (QED) is 0.520. The Balaban J connectivity index is 1.34. The first-order valence-electron chi connectivity index (χ1n) is 10.7. The van der Waals surface area contributed by atoms with E-state index in [0.29, 0.717) is 0 Å². The van der Waals surface area contributed by atoms with Crippen molar-refractivity contribution in [2.45, 2.75) is 23.3 Å². The number of rotatable bonds is 4. The fourth-order valence-electron chi connectivity index (χ4n) is 4.92. The highest BCUT2D eigenvalue weighted by Gasteiger charge is 2.39. The molecule has 0 aromatic heterocycles. The summed E-state index contributed by atoms with van der Waals surface area (Å²) in [6.07, 6.45) is 5.16. The van der Waals surface area contributed by atoms with Gasteiger partial charge in [-0.3, -0.25) is 4.72 Å². The third-order valence-electron chi connectivity index (χ3n) is 6.52. The first kappa shape index (κ1) is 20.1. The lowest BCUT2D eigenvalue weighted by molar-refractivity contribution is 0.174. The highest BCUT2D eigenvalue weighted by molar-refractivity contribution is 7.92. The number of anilines is 2. The number of sulfonamides is 1. The Morgan fingerprint density at radius 3 is 2.73 bits per heavy atom. The van der Waals surface area contributed by atoms with Crippen LogP contribution in [0.4, 0.5) is 15.8 Å². The van der Waals surface area contributed by atoms with Crippen LogP contribution in [-0.2, 0) is 10.0 Å². The third kappa shape index (κ3) is 3.41. The number of para-hydroxylation sites is 1. The lowest BCUT2D eigenvalue weighted by Crippen LogP contribution is -2.29. The zero-order valence-electron chi connectivity index (χ0n) is 17.5. The average Bonchev–Trinajstić information content (AvgIpc) is 3.49. The Morgan fingerprint density at radius 1 is 1.00 bits per heavy atom. The topological polar surface area (TPSA) is 76.7 Å². The zero-order chi connectivity index (χ0) is 22.6. The molecule has 0 fully saturated rings. The fourth-order valence-corrected chi connectivity index (χ4v) is 6.03. The van der Waals surface area contributed by atoms with Crippen LogP contribution in [0.2, 0.25) is 0 Å². The van der Waals surface area contributed by atoms with E-state index in [-0.39, 0.29) is 35.3 Å². The van der Waals surface area contributed by atoms with Crippen LogP contribution in [0.15, 0.2) is 77.7 Å². The van der Waals surface area contributed by atoms with Crippen LogP contribution in [0.25, 0.3) is 0 Å². The maximum Gasteiger partial charge on any atom is 0.261 e. The second kappa shape index (κ2) is 7.52. The summed E-state index contributed by atoms with van der Waals surface area (Å²) in [4.78, 5) is 0.104. The highest BCUT2D eigenvalue weighted by atomic mass is 32.2. The number of nitrogens with one attached hydrogen (secondary N) is 2. The van der Waals surface area contributed by atoms with Crippen molar-refractivity contribution in [3.05, 3.63) is 89.8 Å². The molecule has 3 aromatic carbocycles. The van der Waals surface area contributed by atoms with E-state index in [1.165, 1.54) is 18.2 Å². The van der Waals surface area contributed by atoms with Gasteiger partial charge in [-0.2, -0.15) is 0 Å². The molecule has 6 nitrogen and oxygen atoms in total. The van der Waals surface area contributed by atoms with E-state index in [0.717, 1.165) is 34.7 Å². The molecule has 0 bridgehead atoms. The van der Waals surface area contributed by atoms with Crippen LogP contribution < -0.4 is 19.5 Å². The molecule has 1 aliphatic carbocycles. The fraction of sp³-hybridized carbons (Fsp3) is 0.200. The summed E-state index contributed by atoms with van der Waals surface area (Å²) in [5.41, 5.74) is 2.83. The molecule has 3 aliphatic rings. The van der Waals surface area contributed by atoms with E-state index in [2.05, 4.69) is 22.2 Å². The summed E-state index contributed by atoms with van der Waals surface area (Å²) >= 11 is 0. The normalized spacial score (nSPS) is 22.4. The van der Waals surface area contributed by atoms with Crippen molar-refractivity contribution in [1.82, 2.24) is 0 Å². The number of hydrogen-bond acceptors (Lipinski definition) is 5. The molecule has 8 heteroatoms. The Morgan fingerprint density at radius 2 is 1.85 bits per heavy atom. The molecule has 3 atom stereocenters. The molecule has 0 saturated carbocycles. The van der Waals surface area contributed by atoms with Crippen LogP contribution in [0.1, 0.15) is 29.5 Å². The summed E-state index contributed by atoms with van der Waals surface area (Å²) in [5.74, 6) is 1.17. The first-order chi connectivity index (χ1) is 16.0. The number of halogens is 1. The number of allylic oxidation sites excluding steroid dienone is 2. The van der Waals surface area contributed by atoms with Gasteiger partial charge < -0.3 is 14.8 Å². The number of ether oxygens (including phenoxy) is 2. The van der Waals surface area contributed by atoms with Gasteiger partial charge in [0.2, 0.25) is 6.79 Å². The number of fused-ring (bicyclic) bond motifs is 4. The molecule has 33 heavy (non-hydrogen) atoms. The zero-order valence-corrected chi connectivity index (χ0v) is 18.3. The van der Waals surface area contributed by atoms with Crippen LogP contribution in [0, 0.1) is 11.7 Å². The van der Waals surface area contributed by atoms with Gasteiger partial charge in [0.15, 0.2) is 11.5 Å². The molecule has 2 N–H and O–H groups in total. The van der Waals surface area contributed by atoms with E-state index >= 15 is 0 Å². The summed E-state index contributed by atoms with van der Waals surface area (Å²) in [5, 5.41) is 3.60. The molecular formula is C25H21FN2O4S. The van der Waals surface area contributed by atoms with Crippen LogP contribution in [0.5, 0.6) is 11.5 Å². The average molecular weight is 465 g/mol. The third-order valence-corrected chi connectivity index (χ3v) is 7.88. The molecule has 0 radical (unpaired) electrons. The van der Waals surface area contributed by atoms with Gasteiger partial charge in [-0.25, -0.2) is 12.8 Å². The van der Waals surface area contributed by atoms with Gasteiger partial charge in [0.25, 0.3) is 10.0 Å². The van der Waals surface area contributed by atoms with Gasteiger partial charge in [0.1, 0.15) is 5.82 Å². The molecule has 168 valence electrons. The van der Waals surface area contributed by atoms with Crippen molar-refractivity contribution in [2.75, 3.05) is 16.8 Å². The summed E-state index contributed by atoms with van der Waals surface area (Å²) in [7, 11) is -3.94. The smallest absolute Gasteiger partial charge is 0.261 e. The standard InChI is InChI=1S/C25H21FN2O4S/c26-20-6-1-2-7-22(20)28-33(29,30)16-9-10-21-19(13-16)17-4-3-5-18(17)25(27-21)15-8-11-23-24(12-15)32-14-31-23/h1-4,6-13,17-18,25,27-28H,5,14H2/t17-,18+,25+/m0/s1. The van der Waals surface area contributed by atoms with E-state index in [1.54, 1.807) is 24.3 Å². The Labute approximate surface area is 191 Å². The monoisotopic (exact) mass is 464 g/mol. The summed E-state index contributed by atoms with van der Waals surface area (Å²) < 4.78 is 53.3. The molecule has 6 rings (SSSR count). The van der Waals surface area contributed by atoms with E-state index in [9.17, 15) is 12.8 Å². The summed E-state index contributed by atoms with van der Waals surface area (Å²) in [6.45, 7) is 0.228. The van der Waals surface area contributed by atoms with Gasteiger partial charge in [0, 0.05) is 11.6 Å². The van der Waals surface area contributed by atoms with Crippen LogP contribution in [0.3, 0.4) is 0 Å².